The zero-order valence-corrected chi connectivity index (χ0v) is 6.35. The van der Waals surface area contributed by atoms with Gasteiger partial charge in [0.15, 0.2) is 0 Å². The Balaban J connectivity index is 2.87. The van der Waals surface area contributed by atoms with Gasteiger partial charge in [0.25, 0.3) is 0 Å². The topological polar surface area (TPSA) is 52.0 Å². The largest absolute Gasteiger partial charge is 0.399 e. The van der Waals surface area contributed by atoms with Gasteiger partial charge in [-0.05, 0) is 25.3 Å². The molecule has 1 aliphatic rings. The Morgan fingerprint density at radius 3 is 2.70 bits per heavy atom. The van der Waals surface area contributed by atoms with Crippen LogP contribution in [0.1, 0.15) is 19.8 Å². The molecule has 0 heterocycles. The summed E-state index contributed by atoms with van der Waals surface area (Å²) in [5, 5.41) is 0. The number of allylic oxidation sites excluding steroid dienone is 2. The van der Waals surface area contributed by atoms with E-state index in [2.05, 4.69) is 13.0 Å². The fourth-order valence-electron chi connectivity index (χ4n) is 1.26. The molecule has 0 spiro atoms. The Hall–Kier alpha value is -0.760. The molecular weight excluding hydrogens is 124 g/mol. The first-order valence-electron chi connectivity index (χ1n) is 3.60. The molecule has 0 bridgehead atoms. The third-order valence-electron chi connectivity index (χ3n) is 1.95. The van der Waals surface area contributed by atoms with Gasteiger partial charge in [0.05, 0.1) is 0 Å². The number of hydrogen-bond acceptors (Lipinski definition) is 2. The van der Waals surface area contributed by atoms with Gasteiger partial charge in [-0.25, -0.2) is 0 Å². The quantitative estimate of drug-likeness (QED) is 0.565. The molecule has 56 valence electrons. The second-order valence-electron chi connectivity index (χ2n) is 2.66. The minimum Gasteiger partial charge on any atom is -0.399 e. The lowest BCUT2D eigenvalue weighted by Gasteiger charge is -2.14. The average molecular weight is 138 g/mol. The summed E-state index contributed by atoms with van der Waals surface area (Å²) in [5.74, 6) is 0. The van der Waals surface area contributed by atoms with Crippen LogP contribution in [0.4, 0.5) is 0 Å². The first-order chi connectivity index (χ1) is 4.75. The lowest BCUT2D eigenvalue weighted by molar-refractivity contribution is 0.893. The van der Waals surface area contributed by atoms with Gasteiger partial charge >= 0.3 is 0 Å². The highest BCUT2D eigenvalue weighted by Gasteiger charge is 2.07. The summed E-state index contributed by atoms with van der Waals surface area (Å²) in [5.41, 5.74) is 14.6. The van der Waals surface area contributed by atoms with Gasteiger partial charge < -0.3 is 11.5 Å². The maximum Gasteiger partial charge on any atom is 0.0318 e. The van der Waals surface area contributed by atoms with E-state index in [0.717, 1.165) is 24.1 Å². The molecule has 1 rings (SSSR count). The van der Waals surface area contributed by atoms with E-state index in [9.17, 15) is 0 Å². The van der Waals surface area contributed by atoms with Crippen molar-refractivity contribution in [2.24, 2.45) is 11.5 Å². The molecule has 0 atom stereocenters. The van der Waals surface area contributed by atoms with E-state index in [1.807, 2.05) is 0 Å². The third-order valence-corrected chi connectivity index (χ3v) is 1.95. The fraction of sp³-hybridized carbons (Fsp3) is 0.500. The lowest BCUT2D eigenvalue weighted by atomic mass is 9.96. The van der Waals surface area contributed by atoms with E-state index in [0.29, 0.717) is 6.54 Å². The fourth-order valence-corrected chi connectivity index (χ4v) is 1.26. The van der Waals surface area contributed by atoms with Gasteiger partial charge in [-0.15, -0.1) is 0 Å². The van der Waals surface area contributed by atoms with Crippen LogP contribution in [-0.2, 0) is 0 Å². The van der Waals surface area contributed by atoms with E-state index in [1.54, 1.807) is 0 Å². The van der Waals surface area contributed by atoms with Gasteiger partial charge in [-0.1, -0.05) is 11.6 Å². The van der Waals surface area contributed by atoms with Crippen molar-refractivity contribution in [1.29, 1.82) is 0 Å². The Kier molecular flexibility index (Phi) is 2.12. The van der Waals surface area contributed by atoms with Gasteiger partial charge in [0, 0.05) is 12.2 Å². The molecule has 0 fully saturated rings. The van der Waals surface area contributed by atoms with Crippen LogP contribution in [-0.4, -0.2) is 6.54 Å². The minimum atomic E-state index is 0.578. The number of rotatable bonds is 1. The van der Waals surface area contributed by atoms with E-state index in [1.165, 1.54) is 5.57 Å². The van der Waals surface area contributed by atoms with Gasteiger partial charge in [-0.2, -0.15) is 0 Å². The monoisotopic (exact) mass is 138 g/mol. The molecule has 0 radical (unpaired) electrons. The molecule has 0 saturated heterocycles. The van der Waals surface area contributed by atoms with Crippen LogP contribution in [0.5, 0.6) is 0 Å². The van der Waals surface area contributed by atoms with Crippen LogP contribution >= 0.6 is 0 Å². The van der Waals surface area contributed by atoms with Crippen molar-refractivity contribution >= 4 is 0 Å². The smallest absolute Gasteiger partial charge is 0.0318 e. The molecule has 0 saturated carbocycles. The summed E-state index contributed by atoms with van der Waals surface area (Å²) >= 11 is 0. The van der Waals surface area contributed by atoms with Crippen LogP contribution in [0.2, 0.25) is 0 Å². The summed E-state index contributed by atoms with van der Waals surface area (Å²) in [4.78, 5) is 0. The van der Waals surface area contributed by atoms with E-state index < -0.39 is 0 Å². The SMILES string of the molecule is CC1=C(CN)C(N)=CCC1. The summed E-state index contributed by atoms with van der Waals surface area (Å²) in [7, 11) is 0. The normalized spacial score (nSPS) is 19.2. The minimum absolute atomic E-state index is 0.578. The van der Waals surface area contributed by atoms with Crippen molar-refractivity contribution < 1.29 is 0 Å². The third kappa shape index (κ3) is 1.21. The summed E-state index contributed by atoms with van der Waals surface area (Å²) < 4.78 is 0. The number of hydrogen-bond donors (Lipinski definition) is 2. The Labute approximate surface area is 61.6 Å². The molecule has 2 heteroatoms. The van der Waals surface area contributed by atoms with Crippen molar-refractivity contribution in [3.63, 3.8) is 0 Å². The van der Waals surface area contributed by atoms with Crippen molar-refractivity contribution in [3.05, 3.63) is 22.9 Å². The highest BCUT2D eigenvalue weighted by atomic mass is 14.6. The summed E-state index contributed by atoms with van der Waals surface area (Å²) in [6.45, 7) is 2.68. The van der Waals surface area contributed by atoms with Crippen molar-refractivity contribution in [2.75, 3.05) is 6.54 Å². The average Bonchev–Trinajstić information content (AvgIpc) is 1.88. The molecule has 0 aromatic heterocycles. The van der Waals surface area contributed by atoms with Gasteiger partial charge in [0.1, 0.15) is 0 Å². The van der Waals surface area contributed by atoms with Crippen LogP contribution in [0.15, 0.2) is 22.9 Å². The van der Waals surface area contributed by atoms with E-state index in [4.69, 9.17) is 11.5 Å². The molecule has 4 N–H and O–H groups in total. The van der Waals surface area contributed by atoms with Crippen molar-refractivity contribution in [3.8, 4) is 0 Å². The highest BCUT2D eigenvalue weighted by molar-refractivity contribution is 5.36. The van der Waals surface area contributed by atoms with Crippen LogP contribution < -0.4 is 11.5 Å². The molecule has 0 unspecified atom stereocenters. The van der Waals surface area contributed by atoms with Gasteiger partial charge in [0.2, 0.25) is 0 Å². The van der Waals surface area contributed by atoms with Crippen LogP contribution in [0.3, 0.4) is 0 Å². The van der Waals surface area contributed by atoms with E-state index in [-0.39, 0.29) is 0 Å². The summed E-state index contributed by atoms with van der Waals surface area (Å²) in [6.07, 6.45) is 4.24. The highest BCUT2D eigenvalue weighted by Crippen LogP contribution is 2.20. The van der Waals surface area contributed by atoms with Crippen molar-refractivity contribution in [2.45, 2.75) is 19.8 Å². The molecule has 10 heavy (non-hydrogen) atoms. The molecule has 2 nitrogen and oxygen atoms in total. The second kappa shape index (κ2) is 2.88. The van der Waals surface area contributed by atoms with Crippen molar-refractivity contribution in [1.82, 2.24) is 0 Å². The maximum absolute atomic E-state index is 5.70. The maximum atomic E-state index is 5.70. The predicted octanol–water partition coefficient (Wildman–Crippen LogP) is 0.898. The molecular formula is C8H14N2. The Bertz CT molecular complexity index is 189. The standard InChI is InChI=1S/C8H14N2/c1-6-3-2-4-8(10)7(6)5-9/h4H,2-3,5,9-10H2,1H3. The molecule has 0 amide bonds. The zero-order valence-electron chi connectivity index (χ0n) is 6.35. The second-order valence-corrected chi connectivity index (χ2v) is 2.66. The lowest BCUT2D eigenvalue weighted by Crippen LogP contribution is -2.15. The van der Waals surface area contributed by atoms with Gasteiger partial charge in [-0.3, -0.25) is 0 Å². The molecule has 0 aliphatic heterocycles. The zero-order chi connectivity index (χ0) is 7.56. The Morgan fingerprint density at radius 2 is 2.30 bits per heavy atom. The summed E-state index contributed by atoms with van der Waals surface area (Å²) in [6, 6.07) is 0. The predicted molar refractivity (Wildman–Crippen MR) is 43.3 cm³/mol. The molecule has 0 aromatic carbocycles. The van der Waals surface area contributed by atoms with E-state index >= 15 is 0 Å². The molecule has 1 aliphatic carbocycles. The first kappa shape index (κ1) is 7.35. The van der Waals surface area contributed by atoms with Crippen LogP contribution in [0, 0.1) is 0 Å². The first-order valence-corrected chi connectivity index (χ1v) is 3.60. The molecule has 0 aromatic rings. The Morgan fingerprint density at radius 1 is 1.60 bits per heavy atom. The van der Waals surface area contributed by atoms with Crippen LogP contribution in [0.25, 0.3) is 0 Å². The number of nitrogens with two attached hydrogens (primary N) is 2.